The molecule has 0 atom stereocenters. The van der Waals surface area contributed by atoms with Crippen molar-refractivity contribution in [3.63, 3.8) is 0 Å². The van der Waals surface area contributed by atoms with Gasteiger partial charge in [-0.05, 0) is 48.6 Å². The lowest BCUT2D eigenvalue weighted by atomic mass is 10.0. The number of aliphatic hydroxyl groups excluding tert-OH is 1. The van der Waals surface area contributed by atoms with E-state index in [0.717, 1.165) is 19.4 Å². The Labute approximate surface area is 125 Å². The summed E-state index contributed by atoms with van der Waals surface area (Å²) in [5, 5.41) is 10.4. The normalized spacial score (nSPS) is 11.1. The van der Waals surface area contributed by atoms with Gasteiger partial charge in [0.15, 0.2) is 0 Å². The standard InChI is InChI=1S/C19H21NO/c1-2-20-14-17(9-6-12-21)18-13-16(10-11-19(18)20)15-7-4-3-5-8-15/h3-5,7-8,10-11,13-14,21H,2,6,9,12H2,1H3. The summed E-state index contributed by atoms with van der Waals surface area (Å²) in [4.78, 5) is 0. The maximum absolute atomic E-state index is 9.09. The van der Waals surface area contributed by atoms with Gasteiger partial charge in [-0.2, -0.15) is 0 Å². The Balaban J connectivity index is 2.10. The van der Waals surface area contributed by atoms with Crippen molar-refractivity contribution in [2.24, 2.45) is 0 Å². The van der Waals surface area contributed by atoms with Gasteiger partial charge >= 0.3 is 0 Å². The summed E-state index contributed by atoms with van der Waals surface area (Å²) in [5.41, 5.74) is 5.11. The Bertz CT molecular complexity index is 728. The van der Waals surface area contributed by atoms with Crippen molar-refractivity contribution in [2.45, 2.75) is 26.3 Å². The first-order valence-corrected chi connectivity index (χ1v) is 7.61. The van der Waals surface area contributed by atoms with Crippen LogP contribution in [0.1, 0.15) is 18.9 Å². The van der Waals surface area contributed by atoms with Gasteiger partial charge in [0.05, 0.1) is 0 Å². The summed E-state index contributed by atoms with van der Waals surface area (Å²) >= 11 is 0. The van der Waals surface area contributed by atoms with E-state index in [2.05, 4.69) is 60.2 Å². The van der Waals surface area contributed by atoms with Crippen LogP contribution in [-0.2, 0) is 13.0 Å². The van der Waals surface area contributed by atoms with Crippen molar-refractivity contribution in [1.29, 1.82) is 0 Å². The van der Waals surface area contributed by atoms with Gasteiger partial charge in [-0.3, -0.25) is 0 Å². The molecule has 2 heteroatoms. The predicted octanol–water partition coefficient (Wildman–Crippen LogP) is 4.25. The number of hydrogen-bond donors (Lipinski definition) is 1. The largest absolute Gasteiger partial charge is 0.396 e. The number of aromatic nitrogens is 1. The zero-order chi connectivity index (χ0) is 14.7. The molecule has 0 saturated heterocycles. The summed E-state index contributed by atoms with van der Waals surface area (Å²) in [7, 11) is 0. The van der Waals surface area contributed by atoms with Gasteiger partial charge in [0.25, 0.3) is 0 Å². The van der Waals surface area contributed by atoms with Crippen LogP contribution in [0.2, 0.25) is 0 Å². The van der Waals surface area contributed by atoms with E-state index < -0.39 is 0 Å². The molecule has 0 saturated carbocycles. The minimum Gasteiger partial charge on any atom is -0.396 e. The average Bonchev–Trinajstić information content (AvgIpc) is 2.91. The first kappa shape index (κ1) is 13.9. The topological polar surface area (TPSA) is 25.2 Å². The van der Waals surface area contributed by atoms with Crippen molar-refractivity contribution < 1.29 is 5.11 Å². The van der Waals surface area contributed by atoms with E-state index in [1.165, 1.54) is 27.6 Å². The van der Waals surface area contributed by atoms with Crippen molar-refractivity contribution in [3.05, 3.63) is 60.3 Å². The van der Waals surface area contributed by atoms with Gasteiger partial charge in [-0.25, -0.2) is 0 Å². The van der Waals surface area contributed by atoms with E-state index in [1.807, 2.05) is 6.07 Å². The molecule has 1 heterocycles. The zero-order valence-corrected chi connectivity index (χ0v) is 12.4. The number of aliphatic hydroxyl groups is 1. The number of benzene rings is 2. The number of fused-ring (bicyclic) bond motifs is 1. The van der Waals surface area contributed by atoms with Crippen LogP contribution in [0.5, 0.6) is 0 Å². The van der Waals surface area contributed by atoms with E-state index in [9.17, 15) is 0 Å². The van der Waals surface area contributed by atoms with Crippen LogP contribution in [0.15, 0.2) is 54.7 Å². The quantitative estimate of drug-likeness (QED) is 0.742. The predicted molar refractivity (Wildman–Crippen MR) is 88.5 cm³/mol. The summed E-state index contributed by atoms with van der Waals surface area (Å²) < 4.78 is 2.29. The monoisotopic (exact) mass is 279 g/mol. The van der Waals surface area contributed by atoms with Crippen LogP contribution in [0.25, 0.3) is 22.0 Å². The van der Waals surface area contributed by atoms with Gasteiger partial charge in [0.2, 0.25) is 0 Å². The van der Waals surface area contributed by atoms with Crippen molar-refractivity contribution >= 4 is 10.9 Å². The molecule has 3 rings (SSSR count). The first-order valence-electron chi connectivity index (χ1n) is 7.61. The van der Waals surface area contributed by atoms with Gasteiger partial charge < -0.3 is 9.67 Å². The van der Waals surface area contributed by atoms with E-state index in [1.54, 1.807) is 0 Å². The third-order valence-electron chi connectivity index (χ3n) is 4.02. The lowest BCUT2D eigenvalue weighted by Crippen LogP contribution is -1.90. The highest BCUT2D eigenvalue weighted by Crippen LogP contribution is 2.28. The second kappa shape index (κ2) is 6.15. The number of aryl methyl sites for hydroxylation is 2. The van der Waals surface area contributed by atoms with Crippen LogP contribution in [0.3, 0.4) is 0 Å². The van der Waals surface area contributed by atoms with Crippen molar-refractivity contribution in [2.75, 3.05) is 6.61 Å². The van der Waals surface area contributed by atoms with Crippen LogP contribution < -0.4 is 0 Å². The Morgan fingerprint density at radius 1 is 1.00 bits per heavy atom. The maximum Gasteiger partial charge on any atom is 0.0483 e. The van der Waals surface area contributed by atoms with E-state index in [-0.39, 0.29) is 6.61 Å². The molecule has 1 N–H and O–H groups in total. The highest BCUT2D eigenvalue weighted by Gasteiger charge is 2.09. The smallest absolute Gasteiger partial charge is 0.0483 e. The van der Waals surface area contributed by atoms with Gasteiger partial charge in [0, 0.05) is 30.3 Å². The molecule has 0 amide bonds. The molecule has 0 bridgehead atoms. The fourth-order valence-corrected chi connectivity index (χ4v) is 2.91. The van der Waals surface area contributed by atoms with Crippen molar-refractivity contribution in [3.8, 4) is 11.1 Å². The molecule has 0 fully saturated rings. The van der Waals surface area contributed by atoms with Crippen LogP contribution >= 0.6 is 0 Å². The van der Waals surface area contributed by atoms with E-state index in [0.29, 0.717) is 0 Å². The summed E-state index contributed by atoms with van der Waals surface area (Å²) in [5.74, 6) is 0. The Kier molecular flexibility index (Phi) is 4.07. The lowest BCUT2D eigenvalue weighted by Gasteiger charge is -2.04. The fourth-order valence-electron chi connectivity index (χ4n) is 2.91. The second-order valence-corrected chi connectivity index (χ2v) is 5.37. The molecule has 0 aliphatic carbocycles. The minimum atomic E-state index is 0.247. The molecule has 0 aliphatic rings. The SMILES string of the molecule is CCn1cc(CCCO)c2cc(-c3ccccc3)ccc21. The molecule has 3 aromatic rings. The minimum absolute atomic E-state index is 0.247. The average molecular weight is 279 g/mol. The number of nitrogens with zero attached hydrogens (tertiary/aromatic N) is 1. The molecule has 0 radical (unpaired) electrons. The van der Waals surface area contributed by atoms with Crippen LogP contribution in [0.4, 0.5) is 0 Å². The molecular formula is C19H21NO. The molecular weight excluding hydrogens is 258 g/mol. The van der Waals surface area contributed by atoms with Crippen molar-refractivity contribution in [1.82, 2.24) is 4.57 Å². The van der Waals surface area contributed by atoms with Gasteiger partial charge in [-0.1, -0.05) is 36.4 Å². The molecule has 2 nitrogen and oxygen atoms in total. The second-order valence-electron chi connectivity index (χ2n) is 5.37. The van der Waals surface area contributed by atoms with E-state index in [4.69, 9.17) is 5.11 Å². The molecule has 108 valence electrons. The highest BCUT2D eigenvalue weighted by atomic mass is 16.2. The molecule has 0 spiro atoms. The van der Waals surface area contributed by atoms with Crippen LogP contribution in [0, 0.1) is 0 Å². The highest BCUT2D eigenvalue weighted by molar-refractivity contribution is 5.88. The Morgan fingerprint density at radius 2 is 1.81 bits per heavy atom. The summed E-state index contributed by atoms with van der Waals surface area (Å²) in [6.07, 6.45) is 3.98. The third-order valence-corrected chi connectivity index (χ3v) is 4.02. The zero-order valence-electron chi connectivity index (χ0n) is 12.4. The van der Waals surface area contributed by atoms with E-state index >= 15 is 0 Å². The number of rotatable bonds is 5. The fraction of sp³-hybridized carbons (Fsp3) is 0.263. The number of hydrogen-bond acceptors (Lipinski definition) is 1. The Morgan fingerprint density at radius 3 is 2.52 bits per heavy atom. The van der Waals surface area contributed by atoms with Gasteiger partial charge in [0.1, 0.15) is 0 Å². The first-order chi connectivity index (χ1) is 10.3. The molecule has 21 heavy (non-hydrogen) atoms. The molecule has 2 aromatic carbocycles. The summed E-state index contributed by atoms with van der Waals surface area (Å²) in [6, 6.07) is 17.2. The molecule has 0 unspecified atom stereocenters. The third kappa shape index (κ3) is 2.72. The molecule has 1 aromatic heterocycles. The van der Waals surface area contributed by atoms with Gasteiger partial charge in [-0.15, -0.1) is 0 Å². The Hall–Kier alpha value is -2.06. The lowest BCUT2D eigenvalue weighted by molar-refractivity contribution is 0.288. The maximum atomic E-state index is 9.09. The molecule has 0 aliphatic heterocycles. The van der Waals surface area contributed by atoms with Crippen LogP contribution in [-0.4, -0.2) is 16.3 Å². The summed E-state index contributed by atoms with van der Waals surface area (Å²) in [6.45, 7) is 3.39.